The minimum atomic E-state index is -0.292. The lowest BCUT2D eigenvalue weighted by Gasteiger charge is -2.00. The van der Waals surface area contributed by atoms with E-state index in [4.69, 9.17) is 0 Å². The number of rotatable bonds is 2. The number of thiol groups is 1. The third-order valence-electron chi connectivity index (χ3n) is 2.70. The lowest BCUT2D eigenvalue weighted by Crippen LogP contribution is -2.00. The molecule has 0 saturated heterocycles. The number of benzene rings is 1. The van der Waals surface area contributed by atoms with E-state index in [1.165, 1.54) is 0 Å². The molecule has 74 valence electrons. The fraction of sp³-hybridized carbons (Fsp3) is 0.400. The molecule has 1 atom stereocenters. The molecular formula is C10H11NO2S. The molecule has 14 heavy (non-hydrogen) atoms. The van der Waals surface area contributed by atoms with E-state index in [-0.39, 0.29) is 10.6 Å². The summed E-state index contributed by atoms with van der Waals surface area (Å²) in [5.74, 6) is 1.26. The second-order valence-corrected chi connectivity index (χ2v) is 3.99. The minimum absolute atomic E-state index is 0.270. The van der Waals surface area contributed by atoms with Crippen LogP contribution in [0.2, 0.25) is 0 Å². The van der Waals surface area contributed by atoms with Crippen molar-refractivity contribution in [1.82, 2.24) is 0 Å². The van der Waals surface area contributed by atoms with Crippen LogP contribution in [-0.4, -0.2) is 10.7 Å². The maximum atomic E-state index is 10.7. The van der Waals surface area contributed by atoms with Crippen molar-refractivity contribution in [3.63, 3.8) is 0 Å². The molecule has 4 heteroatoms. The zero-order valence-corrected chi connectivity index (χ0v) is 8.54. The van der Waals surface area contributed by atoms with Crippen molar-refractivity contribution in [3.8, 4) is 0 Å². The fourth-order valence-corrected chi connectivity index (χ4v) is 2.28. The molecule has 1 aliphatic carbocycles. The smallest absolute Gasteiger partial charge is 0.258 e. The van der Waals surface area contributed by atoms with Crippen LogP contribution >= 0.6 is 12.6 Å². The molecule has 0 saturated carbocycles. The Morgan fingerprint density at radius 3 is 2.93 bits per heavy atom. The van der Waals surface area contributed by atoms with Gasteiger partial charge >= 0.3 is 0 Å². The Morgan fingerprint density at radius 2 is 2.29 bits per heavy atom. The van der Waals surface area contributed by atoms with Crippen LogP contribution in [0.1, 0.15) is 11.1 Å². The summed E-state index contributed by atoms with van der Waals surface area (Å²) in [5.41, 5.74) is 2.31. The molecule has 0 heterocycles. The van der Waals surface area contributed by atoms with E-state index >= 15 is 0 Å². The normalized spacial score (nSPS) is 19.4. The van der Waals surface area contributed by atoms with E-state index in [2.05, 4.69) is 12.6 Å². The van der Waals surface area contributed by atoms with Crippen LogP contribution in [0.4, 0.5) is 5.69 Å². The maximum absolute atomic E-state index is 10.7. The molecule has 0 aromatic heterocycles. The predicted molar refractivity (Wildman–Crippen MR) is 57.8 cm³/mol. The van der Waals surface area contributed by atoms with Gasteiger partial charge in [-0.25, -0.2) is 0 Å². The topological polar surface area (TPSA) is 43.1 Å². The lowest BCUT2D eigenvalue weighted by molar-refractivity contribution is -0.385. The summed E-state index contributed by atoms with van der Waals surface area (Å²) >= 11 is 4.24. The van der Waals surface area contributed by atoms with Gasteiger partial charge in [-0.05, 0) is 30.1 Å². The van der Waals surface area contributed by atoms with Gasteiger partial charge in [0.1, 0.15) is 0 Å². The molecule has 0 N–H and O–H groups in total. The van der Waals surface area contributed by atoms with Gasteiger partial charge < -0.3 is 0 Å². The van der Waals surface area contributed by atoms with Crippen LogP contribution in [-0.2, 0) is 12.8 Å². The highest BCUT2D eigenvalue weighted by molar-refractivity contribution is 7.80. The second-order valence-electron chi connectivity index (χ2n) is 3.63. The maximum Gasteiger partial charge on any atom is 0.272 e. The molecule has 0 amide bonds. The Bertz CT molecular complexity index is 378. The largest absolute Gasteiger partial charge is 0.272 e. The summed E-state index contributed by atoms with van der Waals surface area (Å²) in [6.07, 6.45) is 1.73. The summed E-state index contributed by atoms with van der Waals surface area (Å²) in [5, 5.41) is 10.7. The van der Waals surface area contributed by atoms with Crippen LogP contribution in [0.15, 0.2) is 18.2 Å². The average molecular weight is 209 g/mol. The quantitative estimate of drug-likeness (QED) is 0.461. The SMILES string of the molecule is O=[N+]([O-])c1cccc2c1C[C@@H](CS)C2. The molecule has 2 rings (SSSR count). The van der Waals surface area contributed by atoms with Gasteiger partial charge in [0.25, 0.3) is 5.69 Å². The van der Waals surface area contributed by atoms with Crippen molar-refractivity contribution in [2.45, 2.75) is 12.8 Å². The van der Waals surface area contributed by atoms with E-state index < -0.39 is 0 Å². The molecule has 1 aliphatic rings. The third-order valence-corrected chi connectivity index (χ3v) is 3.22. The van der Waals surface area contributed by atoms with Crippen LogP contribution in [0, 0.1) is 16.0 Å². The molecule has 0 bridgehead atoms. The van der Waals surface area contributed by atoms with Crippen molar-refractivity contribution in [2.75, 3.05) is 5.75 Å². The number of hydrogen-bond donors (Lipinski definition) is 1. The van der Waals surface area contributed by atoms with Crippen molar-refractivity contribution in [2.24, 2.45) is 5.92 Å². The Kier molecular flexibility index (Phi) is 2.46. The molecule has 0 spiro atoms. The third kappa shape index (κ3) is 1.50. The van der Waals surface area contributed by atoms with E-state index in [1.54, 1.807) is 12.1 Å². The highest BCUT2D eigenvalue weighted by Crippen LogP contribution is 2.33. The van der Waals surface area contributed by atoms with E-state index in [0.717, 1.165) is 29.7 Å². The first-order chi connectivity index (χ1) is 6.72. The van der Waals surface area contributed by atoms with Crippen molar-refractivity contribution < 1.29 is 4.92 Å². The molecule has 0 fully saturated rings. The molecular weight excluding hydrogens is 198 g/mol. The van der Waals surface area contributed by atoms with Crippen LogP contribution in [0.3, 0.4) is 0 Å². The summed E-state index contributed by atoms with van der Waals surface area (Å²) in [6.45, 7) is 0. The second kappa shape index (κ2) is 3.61. The number of hydrogen-bond acceptors (Lipinski definition) is 3. The molecule has 0 unspecified atom stereocenters. The van der Waals surface area contributed by atoms with Gasteiger partial charge in [0.2, 0.25) is 0 Å². The van der Waals surface area contributed by atoms with Gasteiger partial charge in [0, 0.05) is 11.6 Å². The van der Waals surface area contributed by atoms with Gasteiger partial charge in [0.05, 0.1) is 4.92 Å². The summed E-state index contributed by atoms with van der Waals surface area (Å²) in [4.78, 5) is 10.5. The summed E-state index contributed by atoms with van der Waals surface area (Å²) in [6, 6.07) is 5.32. The van der Waals surface area contributed by atoms with Crippen LogP contribution < -0.4 is 0 Å². The zero-order valence-electron chi connectivity index (χ0n) is 7.64. The molecule has 0 radical (unpaired) electrons. The van der Waals surface area contributed by atoms with E-state index in [0.29, 0.717) is 5.92 Å². The van der Waals surface area contributed by atoms with Crippen LogP contribution in [0.5, 0.6) is 0 Å². The van der Waals surface area contributed by atoms with Crippen molar-refractivity contribution >= 4 is 18.3 Å². The Hall–Kier alpha value is -1.03. The van der Waals surface area contributed by atoms with Crippen molar-refractivity contribution in [1.29, 1.82) is 0 Å². The minimum Gasteiger partial charge on any atom is -0.258 e. The fourth-order valence-electron chi connectivity index (χ4n) is 2.02. The highest BCUT2D eigenvalue weighted by atomic mass is 32.1. The first kappa shape index (κ1) is 9.52. The van der Waals surface area contributed by atoms with E-state index in [9.17, 15) is 10.1 Å². The molecule has 0 aliphatic heterocycles. The highest BCUT2D eigenvalue weighted by Gasteiger charge is 2.26. The van der Waals surface area contributed by atoms with Gasteiger partial charge in [-0.1, -0.05) is 12.1 Å². The standard InChI is InChI=1S/C10H11NO2S/c12-11(13)10-3-1-2-8-4-7(6-14)5-9(8)10/h1-3,7,14H,4-6H2/t7-/m0/s1. The van der Waals surface area contributed by atoms with Gasteiger partial charge in [-0.3, -0.25) is 10.1 Å². The number of nitro benzene ring substituents is 1. The molecule has 3 nitrogen and oxygen atoms in total. The number of nitro groups is 1. The Morgan fingerprint density at radius 1 is 1.50 bits per heavy atom. The van der Waals surface area contributed by atoms with Crippen molar-refractivity contribution in [3.05, 3.63) is 39.4 Å². The van der Waals surface area contributed by atoms with E-state index in [1.807, 2.05) is 6.07 Å². The summed E-state index contributed by atoms with van der Waals surface area (Å²) < 4.78 is 0. The summed E-state index contributed by atoms with van der Waals surface area (Å²) in [7, 11) is 0. The Balaban J connectivity index is 2.41. The van der Waals surface area contributed by atoms with Gasteiger partial charge in [-0.15, -0.1) is 0 Å². The molecule has 1 aromatic carbocycles. The zero-order chi connectivity index (χ0) is 10.1. The first-order valence-corrected chi connectivity index (χ1v) is 5.21. The average Bonchev–Trinajstić information content (AvgIpc) is 2.59. The van der Waals surface area contributed by atoms with Crippen LogP contribution in [0.25, 0.3) is 0 Å². The van der Waals surface area contributed by atoms with Gasteiger partial charge in [0.15, 0.2) is 0 Å². The first-order valence-electron chi connectivity index (χ1n) is 4.58. The number of nitrogens with zero attached hydrogens (tertiary/aromatic N) is 1. The number of fused-ring (bicyclic) bond motifs is 1. The van der Waals surface area contributed by atoms with Gasteiger partial charge in [-0.2, -0.15) is 12.6 Å². The molecule has 1 aromatic rings. The Labute approximate surface area is 87.7 Å². The monoisotopic (exact) mass is 209 g/mol. The predicted octanol–water partition coefficient (Wildman–Crippen LogP) is 2.24. The lowest BCUT2D eigenvalue weighted by atomic mass is 10.1.